The van der Waals surface area contributed by atoms with Crippen molar-refractivity contribution in [2.75, 3.05) is 6.54 Å². The van der Waals surface area contributed by atoms with Crippen LogP contribution in [-0.2, 0) is 9.59 Å². The number of halogens is 1. The van der Waals surface area contributed by atoms with Gasteiger partial charge in [-0.05, 0) is 73.3 Å². The van der Waals surface area contributed by atoms with Gasteiger partial charge in [0.1, 0.15) is 11.4 Å². The predicted molar refractivity (Wildman–Crippen MR) is 162 cm³/mol. The molecule has 41 heavy (non-hydrogen) atoms. The number of aliphatic imine (C=N–C) groups is 1. The molecule has 2 N–H and O–H groups in total. The summed E-state index contributed by atoms with van der Waals surface area (Å²) in [5.74, 6) is -0.758. The van der Waals surface area contributed by atoms with Crippen molar-refractivity contribution in [1.82, 2.24) is 10.2 Å². The highest BCUT2D eigenvalue weighted by Gasteiger charge is 2.52. The lowest BCUT2D eigenvalue weighted by Gasteiger charge is -2.48. The Kier molecular flexibility index (Phi) is 9.58. The van der Waals surface area contributed by atoms with Crippen LogP contribution in [-0.4, -0.2) is 45.7 Å². The summed E-state index contributed by atoms with van der Waals surface area (Å²) < 4.78 is 0. The van der Waals surface area contributed by atoms with Crippen molar-refractivity contribution in [2.45, 2.75) is 90.8 Å². The number of hydrogen-bond acceptors (Lipinski definition) is 4. The Hall–Kier alpha value is -3.19. The quantitative estimate of drug-likeness (QED) is 0.298. The molecule has 2 aromatic carbocycles. The topological polar surface area (TPSA) is 99.1 Å². The molecule has 7 nitrogen and oxygen atoms in total. The van der Waals surface area contributed by atoms with Crippen molar-refractivity contribution in [3.8, 4) is 0 Å². The van der Waals surface area contributed by atoms with E-state index in [4.69, 9.17) is 21.7 Å². The molecule has 0 radical (unpaired) electrons. The van der Waals surface area contributed by atoms with Crippen LogP contribution in [0.1, 0.15) is 107 Å². The van der Waals surface area contributed by atoms with Crippen LogP contribution in [0.4, 0.5) is 0 Å². The Morgan fingerprint density at radius 3 is 2.29 bits per heavy atom. The van der Waals surface area contributed by atoms with E-state index in [9.17, 15) is 14.4 Å². The summed E-state index contributed by atoms with van der Waals surface area (Å²) in [4.78, 5) is 44.9. The molecular formula is C33H42ClN3O4. The number of hydrogen-bond donors (Lipinski definition) is 2. The number of aliphatic carboxylic acids is 1. The van der Waals surface area contributed by atoms with E-state index < -0.39 is 11.6 Å². The van der Waals surface area contributed by atoms with Gasteiger partial charge in [0.05, 0.1) is 12.5 Å². The maximum atomic E-state index is 14.3. The van der Waals surface area contributed by atoms with Crippen molar-refractivity contribution in [1.29, 1.82) is 0 Å². The summed E-state index contributed by atoms with van der Waals surface area (Å²) in [5, 5.41) is 12.1. The predicted octanol–water partition coefficient (Wildman–Crippen LogP) is 7.04. The highest BCUT2D eigenvalue weighted by atomic mass is 35.5. The summed E-state index contributed by atoms with van der Waals surface area (Å²) in [6, 6.07) is 14.5. The Morgan fingerprint density at radius 2 is 1.73 bits per heavy atom. The molecule has 1 aliphatic heterocycles. The van der Waals surface area contributed by atoms with Gasteiger partial charge >= 0.3 is 5.97 Å². The largest absolute Gasteiger partial charge is 0.481 e. The maximum absolute atomic E-state index is 14.3. The van der Waals surface area contributed by atoms with Crippen LogP contribution in [0.2, 0.25) is 5.02 Å². The molecule has 1 saturated carbocycles. The minimum absolute atomic E-state index is 0.0607. The van der Waals surface area contributed by atoms with Crippen LogP contribution < -0.4 is 5.32 Å². The van der Waals surface area contributed by atoms with Crippen molar-refractivity contribution in [3.63, 3.8) is 0 Å². The molecule has 220 valence electrons. The monoisotopic (exact) mass is 579 g/mol. The van der Waals surface area contributed by atoms with Crippen molar-refractivity contribution in [3.05, 3.63) is 70.2 Å². The summed E-state index contributed by atoms with van der Waals surface area (Å²) in [6.07, 6.45) is 6.28. The molecule has 0 saturated heterocycles. The number of nitrogens with one attached hydrogen (secondary N) is 1. The molecule has 0 aromatic heterocycles. The molecule has 1 fully saturated rings. The zero-order valence-electron chi connectivity index (χ0n) is 24.6. The molecule has 1 heterocycles. The third-order valence-corrected chi connectivity index (χ3v) is 9.42. The first-order valence-corrected chi connectivity index (χ1v) is 15.2. The third kappa shape index (κ3) is 6.66. The molecule has 2 aromatic rings. The SMILES string of the molecule is CCCC(c1ccc(C(=O)NCCC(=O)O)cc1)N1C(=O)C(c2ccc(Cl)cc2)=NC12CCC(C(C)(C)CC)CC2. The molecule has 1 aliphatic carbocycles. The average molecular weight is 580 g/mol. The fraction of sp³-hybridized carbons (Fsp3) is 0.515. The van der Waals surface area contributed by atoms with Crippen LogP contribution in [0, 0.1) is 11.3 Å². The average Bonchev–Trinajstić information content (AvgIpc) is 3.23. The van der Waals surface area contributed by atoms with E-state index in [1.165, 1.54) is 0 Å². The summed E-state index contributed by atoms with van der Waals surface area (Å²) in [6.45, 7) is 9.12. The molecule has 1 atom stereocenters. The fourth-order valence-electron chi connectivity index (χ4n) is 6.30. The van der Waals surface area contributed by atoms with Crippen LogP contribution >= 0.6 is 11.6 Å². The Morgan fingerprint density at radius 1 is 1.10 bits per heavy atom. The van der Waals surface area contributed by atoms with E-state index >= 15 is 0 Å². The molecule has 1 spiro atoms. The van der Waals surface area contributed by atoms with E-state index in [0.717, 1.165) is 56.1 Å². The molecular weight excluding hydrogens is 538 g/mol. The second-order valence-corrected chi connectivity index (χ2v) is 12.5. The van der Waals surface area contributed by atoms with Crippen molar-refractivity contribution >= 4 is 35.1 Å². The third-order valence-electron chi connectivity index (χ3n) is 9.17. The van der Waals surface area contributed by atoms with Crippen LogP contribution in [0.5, 0.6) is 0 Å². The minimum Gasteiger partial charge on any atom is -0.481 e. The van der Waals surface area contributed by atoms with E-state index in [0.29, 0.717) is 22.2 Å². The molecule has 1 unspecified atom stereocenters. The highest BCUT2D eigenvalue weighted by molar-refractivity contribution is 6.47. The van der Waals surface area contributed by atoms with Gasteiger partial charge in [0.25, 0.3) is 11.8 Å². The molecule has 0 bridgehead atoms. The lowest BCUT2D eigenvalue weighted by molar-refractivity contribution is -0.137. The number of benzene rings is 2. The van der Waals surface area contributed by atoms with Gasteiger partial charge in [0.15, 0.2) is 0 Å². The normalized spacial score (nSPS) is 21.6. The number of carboxylic acid groups (broad SMARTS) is 1. The van der Waals surface area contributed by atoms with Crippen LogP contribution in [0.15, 0.2) is 53.5 Å². The van der Waals surface area contributed by atoms with Gasteiger partial charge < -0.3 is 15.3 Å². The van der Waals surface area contributed by atoms with Gasteiger partial charge in [-0.2, -0.15) is 0 Å². The smallest absolute Gasteiger partial charge is 0.305 e. The van der Waals surface area contributed by atoms with E-state index in [2.05, 4.69) is 33.0 Å². The standard InChI is InChI=1S/C33H42ClN3O4/c1-5-7-27(22-8-10-24(11-9-22)30(40)35-21-18-28(38)39)37-31(41)29(23-12-14-26(34)15-13-23)36-33(37)19-16-25(17-20-33)32(3,4)6-2/h8-15,25,27H,5-7,16-21H2,1-4H3,(H,35,40)(H,38,39). The van der Waals surface area contributed by atoms with E-state index in [1.807, 2.05) is 29.2 Å². The number of carbonyl (C=O) groups excluding carboxylic acids is 2. The van der Waals surface area contributed by atoms with E-state index in [-0.39, 0.29) is 36.2 Å². The Bertz CT molecular complexity index is 1280. The Labute approximate surface area is 248 Å². The number of nitrogens with zero attached hydrogens (tertiary/aromatic N) is 2. The summed E-state index contributed by atoms with van der Waals surface area (Å²) in [7, 11) is 0. The van der Waals surface area contributed by atoms with Crippen molar-refractivity contribution < 1.29 is 19.5 Å². The van der Waals surface area contributed by atoms with Gasteiger partial charge in [-0.25, -0.2) is 0 Å². The van der Waals surface area contributed by atoms with Gasteiger partial charge in [-0.1, -0.05) is 76.4 Å². The van der Waals surface area contributed by atoms with Crippen LogP contribution in [0.3, 0.4) is 0 Å². The van der Waals surface area contributed by atoms with E-state index in [1.54, 1.807) is 24.3 Å². The lowest BCUT2D eigenvalue weighted by Crippen LogP contribution is -2.51. The Balaban J connectivity index is 1.67. The van der Waals surface area contributed by atoms with Crippen LogP contribution in [0.25, 0.3) is 0 Å². The van der Waals surface area contributed by atoms with Gasteiger partial charge in [0, 0.05) is 22.7 Å². The van der Waals surface area contributed by atoms with Gasteiger partial charge in [-0.3, -0.25) is 19.4 Å². The summed E-state index contributed by atoms with van der Waals surface area (Å²) in [5.41, 5.74) is 2.31. The zero-order chi connectivity index (χ0) is 29.8. The molecule has 4 rings (SSSR count). The molecule has 2 amide bonds. The first-order valence-electron chi connectivity index (χ1n) is 14.8. The summed E-state index contributed by atoms with van der Waals surface area (Å²) >= 11 is 6.16. The number of carboxylic acids is 1. The first kappa shape index (κ1) is 30.8. The second kappa shape index (κ2) is 12.8. The number of amides is 2. The van der Waals surface area contributed by atoms with Crippen molar-refractivity contribution in [2.24, 2.45) is 16.3 Å². The van der Waals surface area contributed by atoms with Gasteiger partial charge in [0.2, 0.25) is 0 Å². The number of rotatable bonds is 11. The second-order valence-electron chi connectivity index (χ2n) is 12.1. The maximum Gasteiger partial charge on any atom is 0.305 e. The highest BCUT2D eigenvalue weighted by Crippen LogP contribution is 2.50. The first-order chi connectivity index (χ1) is 19.5. The fourth-order valence-corrected chi connectivity index (χ4v) is 6.43. The number of carbonyl (C=O) groups is 3. The minimum atomic E-state index is -0.959. The van der Waals surface area contributed by atoms with Gasteiger partial charge in [-0.15, -0.1) is 0 Å². The zero-order valence-corrected chi connectivity index (χ0v) is 25.3. The molecule has 2 aliphatic rings. The molecule has 8 heteroatoms. The lowest BCUT2D eigenvalue weighted by atomic mass is 9.67.